The van der Waals surface area contributed by atoms with Crippen LogP contribution >= 0.6 is 11.6 Å². The van der Waals surface area contributed by atoms with Crippen molar-refractivity contribution >= 4 is 17.5 Å². The normalized spacial score (nSPS) is 11.8. The number of carbonyl (C=O) groups is 1. The SMILES string of the molecule is C[C@@H](NC(=O)COc1ccc(-n2cnnn2)cc1)c1cccc(Cl)c1. The summed E-state index contributed by atoms with van der Waals surface area (Å²) in [5.74, 6) is 0.374. The van der Waals surface area contributed by atoms with Gasteiger partial charge in [0.25, 0.3) is 5.91 Å². The number of hydrogen-bond acceptors (Lipinski definition) is 5. The molecule has 1 amide bonds. The summed E-state index contributed by atoms with van der Waals surface area (Å²) in [6, 6.07) is 14.3. The van der Waals surface area contributed by atoms with Gasteiger partial charge in [0.05, 0.1) is 11.7 Å². The quantitative estimate of drug-likeness (QED) is 0.733. The fourth-order valence-electron chi connectivity index (χ4n) is 2.27. The minimum absolute atomic E-state index is 0.0743. The van der Waals surface area contributed by atoms with Gasteiger partial charge in [0.2, 0.25) is 0 Å². The zero-order chi connectivity index (χ0) is 17.6. The van der Waals surface area contributed by atoms with Crippen LogP contribution in [0.4, 0.5) is 0 Å². The highest BCUT2D eigenvalue weighted by Crippen LogP contribution is 2.17. The highest BCUT2D eigenvalue weighted by atomic mass is 35.5. The molecule has 0 bridgehead atoms. The third-order valence-corrected chi connectivity index (χ3v) is 3.78. The van der Waals surface area contributed by atoms with Crippen molar-refractivity contribution in [1.82, 2.24) is 25.5 Å². The van der Waals surface area contributed by atoms with Crippen molar-refractivity contribution in [3.63, 3.8) is 0 Å². The van der Waals surface area contributed by atoms with Crippen LogP contribution in [0.5, 0.6) is 5.75 Å². The molecule has 7 nitrogen and oxygen atoms in total. The van der Waals surface area contributed by atoms with Crippen LogP contribution in [-0.2, 0) is 4.79 Å². The molecule has 1 atom stereocenters. The van der Waals surface area contributed by atoms with Gasteiger partial charge in [-0.2, -0.15) is 0 Å². The highest BCUT2D eigenvalue weighted by molar-refractivity contribution is 6.30. The minimum Gasteiger partial charge on any atom is -0.484 e. The molecule has 1 heterocycles. The maximum Gasteiger partial charge on any atom is 0.258 e. The topological polar surface area (TPSA) is 81.9 Å². The van der Waals surface area contributed by atoms with Gasteiger partial charge in [0, 0.05) is 5.02 Å². The first-order valence-corrected chi connectivity index (χ1v) is 8.00. The number of nitrogens with one attached hydrogen (secondary N) is 1. The number of hydrogen-bond donors (Lipinski definition) is 1. The van der Waals surface area contributed by atoms with Gasteiger partial charge in [0.15, 0.2) is 6.61 Å². The maximum absolute atomic E-state index is 12.0. The monoisotopic (exact) mass is 357 g/mol. The Morgan fingerprint density at radius 2 is 2.08 bits per heavy atom. The lowest BCUT2D eigenvalue weighted by Crippen LogP contribution is -2.31. The van der Waals surface area contributed by atoms with Crippen LogP contribution in [0.3, 0.4) is 0 Å². The predicted molar refractivity (Wildman–Crippen MR) is 92.7 cm³/mol. The summed E-state index contributed by atoms with van der Waals surface area (Å²) in [6.07, 6.45) is 1.50. The molecule has 25 heavy (non-hydrogen) atoms. The van der Waals surface area contributed by atoms with E-state index in [-0.39, 0.29) is 18.6 Å². The van der Waals surface area contributed by atoms with E-state index >= 15 is 0 Å². The van der Waals surface area contributed by atoms with E-state index in [1.165, 1.54) is 11.0 Å². The van der Waals surface area contributed by atoms with Crippen LogP contribution in [0.15, 0.2) is 54.9 Å². The number of amides is 1. The van der Waals surface area contributed by atoms with Gasteiger partial charge >= 0.3 is 0 Å². The number of carbonyl (C=O) groups excluding carboxylic acids is 1. The lowest BCUT2D eigenvalue weighted by atomic mass is 10.1. The Bertz CT molecular complexity index is 837. The zero-order valence-corrected chi connectivity index (χ0v) is 14.2. The Labute approximate surface area is 149 Å². The second kappa shape index (κ2) is 7.76. The van der Waals surface area contributed by atoms with E-state index in [0.717, 1.165) is 11.3 Å². The number of ether oxygens (including phenoxy) is 1. The molecule has 8 heteroatoms. The van der Waals surface area contributed by atoms with Gasteiger partial charge in [0.1, 0.15) is 12.1 Å². The summed E-state index contributed by atoms with van der Waals surface area (Å²) < 4.78 is 7.03. The minimum atomic E-state index is -0.211. The van der Waals surface area contributed by atoms with Crippen molar-refractivity contribution in [2.45, 2.75) is 13.0 Å². The standard InChI is InChI=1S/C17H16ClN5O2/c1-12(13-3-2-4-14(18)9-13)20-17(24)10-25-16-7-5-15(6-8-16)23-11-19-21-22-23/h2-9,11-12H,10H2,1H3,(H,20,24)/t12-/m1/s1. The van der Waals surface area contributed by atoms with Crippen LogP contribution in [0, 0.1) is 0 Å². The Balaban J connectivity index is 1.52. The van der Waals surface area contributed by atoms with Crippen LogP contribution in [-0.4, -0.2) is 32.7 Å². The number of nitrogens with zero attached hydrogens (tertiary/aromatic N) is 4. The average molecular weight is 358 g/mol. The second-order valence-electron chi connectivity index (χ2n) is 5.38. The molecule has 0 spiro atoms. The second-order valence-corrected chi connectivity index (χ2v) is 5.82. The number of rotatable bonds is 6. The third-order valence-electron chi connectivity index (χ3n) is 3.55. The molecule has 128 valence electrons. The number of benzene rings is 2. The van der Waals surface area contributed by atoms with Crippen LogP contribution < -0.4 is 10.1 Å². The fourth-order valence-corrected chi connectivity index (χ4v) is 2.46. The number of halogens is 1. The van der Waals surface area contributed by atoms with Crippen molar-refractivity contribution in [1.29, 1.82) is 0 Å². The Hall–Kier alpha value is -2.93. The fraction of sp³-hybridized carbons (Fsp3) is 0.176. The van der Waals surface area contributed by atoms with Gasteiger partial charge in [-0.15, -0.1) is 5.10 Å². The Morgan fingerprint density at radius 1 is 1.28 bits per heavy atom. The van der Waals surface area contributed by atoms with Gasteiger partial charge in [-0.05, 0) is 59.3 Å². The van der Waals surface area contributed by atoms with Crippen molar-refractivity contribution < 1.29 is 9.53 Å². The number of tetrazole rings is 1. The molecule has 0 radical (unpaired) electrons. The van der Waals surface area contributed by atoms with Crippen molar-refractivity contribution in [2.75, 3.05) is 6.61 Å². The zero-order valence-electron chi connectivity index (χ0n) is 13.5. The van der Waals surface area contributed by atoms with Crippen LogP contribution in [0.2, 0.25) is 5.02 Å². The van der Waals surface area contributed by atoms with E-state index in [9.17, 15) is 4.79 Å². The summed E-state index contributed by atoms with van der Waals surface area (Å²) in [5, 5.41) is 14.5. The molecule has 0 aliphatic heterocycles. The third kappa shape index (κ3) is 4.54. The van der Waals surface area contributed by atoms with Gasteiger partial charge in [-0.3, -0.25) is 4.79 Å². The van der Waals surface area contributed by atoms with Crippen molar-refractivity contribution in [3.05, 3.63) is 65.4 Å². The molecular formula is C17H16ClN5O2. The molecule has 3 rings (SSSR count). The van der Waals surface area contributed by atoms with Gasteiger partial charge < -0.3 is 10.1 Å². The Kier molecular flexibility index (Phi) is 5.25. The molecule has 0 aliphatic carbocycles. The highest BCUT2D eigenvalue weighted by Gasteiger charge is 2.10. The molecule has 3 aromatic rings. The lowest BCUT2D eigenvalue weighted by Gasteiger charge is -2.15. The molecule has 0 unspecified atom stereocenters. The van der Waals surface area contributed by atoms with Crippen molar-refractivity contribution in [2.24, 2.45) is 0 Å². The van der Waals surface area contributed by atoms with E-state index in [1.807, 2.05) is 25.1 Å². The smallest absolute Gasteiger partial charge is 0.258 e. The lowest BCUT2D eigenvalue weighted by molar-refractivity contribution is -0.123. The number of aromatic nitrogens is 4. The summed E-state index contributed by atoms with van der Waals surface area (Å²) >= 11 is 5.97. The van der Waals surface area contributed by atoms with E-state index in [1.54, 1.807) is 30.3 Å². The first-order chi connectivity index (χ1) is 12.1. The van der Waals surface area contributed by atoms with Crippen LogP contribution in [0.25, 0.3) is 5.69 Å². The first-order valence-electron chi connectivity index (χ1n) is 7.63. The summed E-state index contributed by atoms with van der Waals surface area (Å²) in [7, 11) is 0. The van der Waals surface area contributed by atoms with E-state index in [2.05, 4.69) is 20.8 Å². The predicted octanol–water partition coefficient (Wildman–Crippen LogP) is 2.57. The molecule has 1 N–H and O–H groups in total. The molecule has 2 aromatic carbocycles. The summed E-state index contributed by atoms with van der Waals surface area (Å²) in [5.41, 5.74) is 1.74. The van der Waals surface area contributed by atoms with E-state index < -0.39 is 0 Å². The first kappa shape index (κ1) is 16.9. The molecular weight excluding hydrogens is 342 g/mol. The van der Waals surface area contributed by atoms with Gasteiger partial charge in [-0.1, -0.05) is 23.7 Å². The summed E-state index contributed by atoms with van der Waals surface area (Å²) in [4.78, 5) is 12.0. The van der Waals surface area contributed by atoms with E-state index in [0.29, 0.717) is 10.8 Å². The Morgan fingerprint density at radius 3 is 2.76 bits per heavy atom. The molecule has 0 aliphatic rings. The van der Waals surface area contributed by atoms with Gasteiger partial charge in [-0.25, -0.2) is 4.68 Å². The summed E-state index contributed by atoms with van der Waals surface area (Å²) in [6.45, 7) is 1.82. The largest absolute Gasteiger partial charge is 0.484 e. The average Bonchev–Trinajstić information content (AvgIpc) is 3.15. The molecule has 1 aromatic heterocycles. The van der Waals surface area contributed by atoms with Crippen LogP contribution in [0.1, 0.15) is 18.5 Å². The molecule has 0 fully saturated rings. The van der Waals surface area contributed by atoms with Crippen molar-refractivity contribution in [3.8, 4) is 11.4 Å². The maximum atomic E-state index is 12.0. The molecule has 0 saturated carbocycles. The molecule has 0 saturated heterocycles. The van der Waals surface area contributed by atoms with E-state index in [4.69, 9.17) is 16.3 Å².